The lowest BCUT2D eigenvalue weighted by atomic mass is 10.5. The van der Waals surface area contributed by atoms with Crippen LogP contribution in [0.5, 0.6) is 0 Å². The largest absolute Gasteiger partial charge is 0.268 e. The molecule has 0 amide bonds. The van der Waals surface area contributed by atoms with Gasteiger partial charge in [0.1, 0.15) is 0 Å². The van der Waals surface area contributed by atoms with Gasteiger partial charge < -0.3 is 0 Å². The van der Waals surface area contributed by atoms with Crippen LogP contribution < -0.4 is 0 Å². The van der Waals surface area contributed by atoms with Crippen molar-refractivity contribution < 1.29 is 0 Å². The molecule has 0 radical (unpaired) electrons. The number of hydrogen-bond acceptors (Lipinski definition) is 2. The van der Waals surface area contributed by atoms with Crippen molar-refractivity contribution in [1.82, 2.24) is 0 Å². The van der Waals surface area contributed by atoms with Gasteiger partial charge in [0.05, 0.1) is 0 Å². The minimum Gasteiger partial charge on any atom is -0.268 e. The van der Waals surface area contributed by atoms with Gasteiger partial charge in [0, 0.05) is 17.3 Å². The number of rotatable bonds is 2. The van der Waals surface area contributed by atoms with Gasteiger partial charge in [-0.3, -0.25) is 4.99 Å². The molecule has 0 unspecified atom stereocenters. The second-order valence-corrected chi connectivity index (χ2v) is 1.98. The van der Waals surface area contributed by atoms with E-state index in [4.69, 9.17) is 0 Å². The topological polar surface area (TPSA) is 12.4 Å². The molecule has 0 heterocycles. The van der Waals surface area contributed by atoms with Crippen LogP contribution in [0.15, 0.2) is 28.2 Å². The Morgan fingerprint density at radius 3 is 2.56 bits per heavy atom. The molecule has 0 aliphatic heterocycles. The summed E-state index contributed by atoms with van der Waals surface area (Å²) in [6, 6.07) is 0. The van der Waals surface area contributed by atoms with Gasteiger partial charge in [-0.2, -0.15) is 0 Å². The van der Waals surface area contributed by atoms with Gasteiger partial charge in [0.2, 0.25) is 0 Å². The van der Waals surface area contributed by atoms with Gasteiger partial charge >= 0.3 is 0 Å². The SMILES string of the molecule is C\C=C/C(S)=C\N=C/C. The Labute approximate surface area is 61.6 Å². The molecule has 0 aliphatic rings. The maximum Gasteiger partial charge on any atom is 0.0397 e. The van der Waals surface area contributed by atoms with E-state index in [0.29, 0.717) is 0 Å². The number of aliphatic imine (C=N–C) groups is 1. The zero-order valence-corrected chi connectivity index (χ0v) is 6.60. The number of nitrogens with zero attached hydrogens (tertiary/aromatic N) is 1. The predicted molar refractivity (Wildman–Crippen MR) is 46.0 cm³/mol. The summed E-state index contributed by atoms with van der Waals surface area (Å²) < 4.78 is 0. The van der Waals surface area contributed by atoms with E-state index in [1.807, 2.05) is 26.0 Å². The van der Waals surface area contributed by atoms with Crippen LogP contribution in [0.25, 0.3) is 0 Å². The van der Waals surface area contributed by atoms with Crippen LogP contribution in [0.2, 0.25) is 0 Å². The Balaban J connectivity index is 3.84. The Kier molecular flexibility index (Phi) is 5.32. The fourth-order valence-electron chi connectivity index (χ4n) is 0.365. The van der Waals surface area contributed by atoms with Crippen molar-refractivity contribution in [2.45, 2.75) is 13.8 Å². The van der Waals surface area contributed by atoms with E-state index in [-0.39, 0.29) is 0 Å². The Bertz CT molecular complexity index is 145. The molecule has 0 spiro atoms. The predicted octanol–water partition coefficient (Wildman–Crippen LogP) is 2.42. The quantitative estimate of drug-likeness (QED) is 0.344. The Morgan fingerprint density at radius 2 is 2.11 bits per heavy atom. The second kappa shape index (κ2) is 5.63. The average Bonchev–Trinajstić information content (AvgIpc) is 1.85. The lowest BCUT2D eigenvalue weighted by molar-refractivity contribution is 1.55. The number of thiol groups is 1. The highest BCUT2D eigenvalue weighted by atomic mass is 32.1. The van der Waals surface area contributed by atoms with E-state index < -0.39 is 0 Å². The first-order valence-electron chi connectivity index (χ1n) is 2.81. The van der Waals surface area contributed by atoms with E-state index in [1.54, 1.807) is 12.4 Å². The molecule has 0 fully saturated rings. The lowest BCUT2D eigenvalue weighted by Crippen LogP contribution is -1.60. The molecule has 0 aromatic carbocycles. The molecule has 50 valence electrons. The molecule has 0 bridgehead atoms. The van der Waals surface area contributed by atoms with Gasteiger partial charge in [-0.15, -0.1) is 12.6 Å². The molecule has 9 heavy (non-hydrogen) atoms. The second-order valence-electron chi connectivity index (χ2n) is 1.46. The zero-order chi connectivity index (χ0) is 7.11. The summed E-state index contributed by atoms with van der Waals surface area (Å²) in [7, 11) is 0. The van der Waals surface area contributed by atoms with Gasteiger partial charge in [-0.25, -0.2) is 0 Å². The van der Waals surface area contributed by atoms with Gasteiger partial charge in [-0.05, 0) is 13.8 Å². The van der Waals surface area contributed by atoms with Crippen LogP contribution in [0.4, 0.5) is 0 Å². The third kappa shape index (κ3) is 5.37. The number of allylic oxidation sites excluding steroid dienone is 2. The van der Waals surface area contributed by atoms with Crippen molar-refractivity contribution in [3.05, 3.63) is 23.3 Å². The Morgan fingerprint density at radius 1 is 1.44 bits per heavy atom. The molecule has 0 aromatic heterocycles. The molecule has 0 N–H and O–H groups in total. The van der Waals surface area contributed by atoms with Crippen LogP contribution in [0, 0.1) is 0 Å². The zero-order valence-electron chi connectivity index (χ0n) is 5.70. The van der Waals surface area contributed by atoms with E-state index in [2.05, 4.69) is 17.6 Å². The Hall–Kier alpha value is -0.500. The fourth-order valence-corrected chi connectivity index (χ4v) is 0.580. The third-order valence-electron chi connectivity index (χ3n) is 0.693. The third-order valence-corrected chi connectivity index (χ3v) is 0.958. The van der Waals surface area contributed by atoms with Crippen molar-refractivity contribution in [2.24, 2.45) is 4.99 Å². The maximum atomic E-state index is 4.10. The molecular formula is C7H11NS. The molecule has 0 rings (SSSR count). The van der Waals surface area contributed by atoms with Gasteiger partial charge in [0.25, 0.3) is 0 Å². The monoisotopic (exact) mass is 141 g/mol. The van der Waals surface area contributed by atoms with Crippen molar-refractivity contribution in [1.29, 1.82) is 0 Å². The van der Waals surface area contributed by atoms with Gasteiger partial charge in [0.15, 0.2) is 0 Å². The lowest BCUT2D eigenvalue weighted by Gasteiger charge is -1.82. The summed E-state index contributed by atoms with van der Waals surface area (Å²) in [4.78, 5) is 4.75. The maximum absolute atomic E-state index is 4.10. The van der Waals surface area contributed by atoms with E-state index in [0.717, 1.165) is 4.91 Å². The molecule has 0 saturated carbocycles. The molecule has 2 heteroatoms. The smallest absolute Gasteiger partial charge is 0.0397 e. The average molecular weight is 141 g/mol. The molecule has 0 aromatic rings. The minimum atomic E-state index is 0.871. The molecule has 0 saturated heterocycles. The highest BCUT2D eigenvalue weighted by molar-refractivity contribution is 7.84. The van der Waals surface area contributed by atoms with Crippen LogP contribution >= 0.6 is 12.6 Å². The summed E-state index contributed by atoms with van der Waals surface area (Å²) in [5, 5.41) is 0. The number of hydrogen-bond donors (Lipinski definition) is 1. The molecular weight excluding hydrogens is 130 g/mol. The first-order valence-corrected chi connectivity index (χ1v) is 3.25. The van der Waals surface area contributed by atoms with Crippen molar-refractivity contribution in [3.63, 3.8) is 0 Å². The highest BCUT2D eigenvalue weighted by Crippen LogP contribution is 2.00. The summed E-state index contributed by atoms with van der Waals surface area (Å²) in [6.07, 6.45) is 7.23. The van der Waals surface area contributed by atoms with Crippen molar-refractivity contribution in [2.75, 3.05) is 0 Å². The summed E-state index contributed by atoms with van der Waals surface area (Å²) in [6.45, 7) is 3.81. The van der Waals surface area contributed by atoms with Crippen molar-refractivity contribution in [3.8, 4) is 0 Å². The molecule has 0 aliphatic carbocycles. The summed E-state index contributed by atoms with van der Waals surface area (Å²) in [5.74, 6) is 0. The van der Waals surface area contributed by atoms with Crippen LogP contribution in [0.3, 0.4) is 0 Å². The van der Waals surface area contributed by atoms with E-state index in [1.165, 1.54) is 0 Å². The van der Waals surface area contributed by atoms with Crippen LogP contribution in [-0.2, 0) is 0 Å². The van der Waals surface area contributed by atoms with Crippen molar-refractivity contribution >= 4 is 18.8 Å². The normalized spacial score (nSPS) is 13.9. The fraction of sp³-hybridized carbons (Fsp3) is 0.286. The first-order chi connectivity index (χ1) is 4.31. The van der Waals surface area contributed by atoms with Crippen LogP contribution in [0.1, 0.15) is 13.8 Å². The first kappa shape index (κ1) is 8.50. The van der Waals surface area contributed by atoms with Gasteiger partial charge in [-0.1, -0.05) is 12.2 Å². The van der Waals surface area contributed by atoms with E-state index in [9.17, 15) is 0 Å². The molecule has 1 nitrogen and oxygen atoms in total. The highest BCUT2D eigenvalue weighted by Gasteiger charge is 1.74. The minimum absolute atomic E-state index is 0.871. The van der Waals surface area contributed by atoms with Crippen LogP contribution in [-0.4, -0.2) is 6.21 Å². The van der Waals surface area contributed by atoms with E-state index >= 15 is 0 Å². The summed E-state index contributed by atoms with van der Waals surface area (Å²) in [5.41, 5.74) is 0. The summed E-state index contributed by atoms with van der Waals surface area (Å²) >= 11 is 4.10. The standard InChI is InChI=1S/C7H11NS/c1-3-5-7(9)6-8-4-2/h3-6,9H,1-2H3/b5-3-,7-6+,8-4-. The molecule has 0 atom stereocenters.